The lowest BCUT2D eigenvalue weighted by atomic mass is 9.67. The molecule has 134 valence electrons. The lowest BCUT2D eigenvalue weighted by Gasteiger charge is -2.45. The number of nitrogens with two attached hydrogens (primary N) is 1. The summed E-state index contributed by atoms with van der Waals surface area (Å²) < 4.78 is 0. The van der Waals surface area contributed by atoms with Crippen molar-refractivity contribution >= 4 is 22.9 Å². The molecule has 2 aromatic heterocycles. The predicted octanol–water partition coefficient (Wildman–Crippen LogP) is 0.811. The fraction of sp³-hybridized carbons (Fsp3) is 0.647. The molecule has 0 saturated heterocycles. The van der Waals surface area contributed by atoms with E-state index in [9.17, 15) is 4.79 Å². The summed E-state index contributed by atoms with van der Waals surface area (Å²) in [6.45, 7) is 0.257. The van der Waals surface area contributed by atoms with Crippen LogP contribution in [0.25, 0.3) is 11.2 Å². The Morgan fingerprint density at radius 2 is 2.08 bits per heavy atom. The SMILES string of the molecule is CN(CC(=O)NC1C2CCCC1CC(N)C2)c1ncnc2nc[nH]c12. The number of rotatable bonds is 4. The van der Waals surface area contributed by atoms with Crippen LogP contribution in [0, 0.1) is 11.8 Å². The number of likely N-dealkylation sites (N-methyl/N-ethyl adjacent to an activating group) is 1. The molecule has 8 nitrogen and oxygen atoms in total. The molecule has 0 aliphatic heterocycles. The van der Waals surface area contributed by atoms with E-state index < -0.39 is 0 Å². The van der Waals surface area contributed by atoms with Gasteiger partial charge < -0.3 is 20.9 Å². The minimum absolute atomic E-state index is 0.0335. The Morgan fingerprint density at radius 3 is 2.84 bits per heavy atom. The van der Waals surface area contributed by atoms with Gasteiger partial charge in [-0.2, -0.15) is 0 Å². The normalized spacial score (nSPS) is 28.7. The van der Waals surface area contributed by atoms with Gasteiger partial charge in [0.25, 0.3) is 0 Å². The zero-order valence-electron chi connectivity index (χ0n) is 14.5. The van der Waals surface area contributed by atoms with Crippen LogP contribution in [-0.2, 0) is 4.79 Å². The van der Waals surface area contributed by atoms with Gasteiger partial charge in [-0.15, -0.1) is 0 Å². The highest BCUT2D eigenvalue weighted by molar-refractivity contribution is 5.87. The summed E-state index contributed by atoms with van der Waals surface area (Å²) >= 11 is 0. The standard InChI is InChI=1S/C17H25N7O/c1-24(17-15-16(20-8-19-15)21-9-22-17)7-13(25)23-14-10-3-2-4-11(14)6-12(18)5-10/h8-12,14H,2-7,18H2,1H3,(H,23,25)(H,19,20,21,22). The number of anilines is 1. The van der Waals surface area contributed by atoms with Crippen LogP contribution < -0.4 is 16.0 Å². The average Bonchev–Trinajstić information content (AvgIpc) is 3.04. The molecule has 1 amide bonds. The zero-order chi connectivity index (χ0) is 17.4. The molecule has 2 heterocycles. The number of carbonyl (C=O) groups excluding carboxylic acids is 1. The maximum atomic E-state index is 12.6. The summed E-state index contributed by atoms with van der Waals surface area (Å²) in [6, 6.07) is 0.563. The molecule has 2 saturated carbocycles. The fourth-order valence-corrected chi connectivity index (χ4v) is 4.59. The molecule has 4 N–H and O–H groups in total. The van der Waals surface area contributed by atoms with Crippen LogP contribution >= 0.6 is 0 Å². The molecule has 2 aromatic rings. The summed E-state index contributed by atoms with van der Waals surface area (Å²) in [7, 11) is 1.86. The van der Waals surface area contributed by atoms with Gasteiger partial charge >= 0.3 is 0 Å². The smallest absolute Gasteiger partial charge is 0.239 e. The monoisotopic (exact) mass is 343 g/mol. The van der Waals surface area contributed by atoms with Crippen molar-refractivity contribution in [3.8, 4) is 0 Å². The van der Waals surface area contributed by atoms with Gasteiger partial charge in [0.05, 0.1) is 12.9 Å². The number of hydrogen-bond donors (Lipinski definition) is 3. The highest BCUT2D eigenvalue weighted by Crippen LogP contribution is 2.39. The predicted molar refractivity (Wildman–Crippen MR) is 94.9 cm³/mol. The summed E-state index contributed by atoms with van der Waals surface area (Å²) in [6.07, 6.45) is 8.71. The van der Waals surface area contributed by atoms with Gasteiger partial charge in [-0.25, -0.2) is 15.0 Å². The van der Waals surface area contributed by atoms with E-state index in [4.69, 9.17) is 5.73 Å². The number of imidazole rings is 1. The molecule has 2 fully saturated rings. The van der Waals surface area contributed by atoms with E-state index in [1.807, 2.05) is 11.9 Å². The zero-order valence-corrected chi connectivity index (χ0v) is 14.5. The van der Waals surface area contributed by atoms with Crippen molar-refractivity contribution in [3.63, 3.8) is 0 Å². The number of aromatic nitrogens is 4. The minimum Gasteiger partial charge on any atom is -0.351 e. The summed E-state index contributed by atoms with van der Waals surface area (Å²) in [5.41, 5.74) is 7.53. The van der Waals surface area contributed by atoms with Crippen molar-refractivity contribution in [1.29, 1.82) is 0 Å². The number of aromatic amines is 1. The largest absolute Gasteiger partial charge is 0.351 e. The second kappa shape index (κ2) is 6.59. The van der Waals surface area contributed by atoms with Crippen LogP contribution in [0.3, 0.4) is 0 Å². The van der Waals surface area contributed by atoms with Crippen molar-refractivity contribution in [3.05, 3.63) is 12.7 Å². The Morgan fingerprint density at radius 1 is 1.32 bits per heavy atom. The van der Waals surface area contributed by atoms with Gasteiger partial charge in [-0.3, -0.25) is 4.79 Å². The first-order valence-electron chi connectivity index (χ1n) is 9.02. The van der Waals surface area contributed by atoms with Crippen molar-refractivity contribution in [2.75, 3.05) is 18.5 Å². The fourth-order valence-electron chi connectivity index (χ4n) is 4.59. The van der Waals surface area contributed by atoms with Crippen LogP contribution in [0.2, 0.25) is 0 Å². The van der Waals surface area contributed by atoms with Crippen LogP contribution in [0.5, 0.6) is 0 Å². The summed E-state index contributed by atoms with van der Waals surface area (Å²) in [5, 5.41) is 3.28. The maximum Gasteiger partial charge on any atom is 0.239 e. The van der Waals surface area contributed by atoms with Crippen LogP contribution in [0.1, 0.15) is 32.1 Å². The van der Waals surface area contributed by atoms with Crippen molar-refractivity contribution in [2.24, 2.45) is 17.6 Å². The Kier molecular flexibility index (Phi) is 4.29. The van der Waals surface area contributed by atoms with Crippen LogP contribution in [0.4, 0.5) is 5.82 Å². The molecule has 2 atom stereocenters. The second-order valence-corrected chi connectivity index (χ2v) is 7.43. The molecule has 0 radical (unpaired) electrons. The lowest BCUT2D eigenvalue weighted by molar-refractivity contribution is -0.122. The first-order chi connectivity index (χ1) is 12.1. The number of hydrogen-bond acceptors (Lipinski definition) is 6. The lowest BCUT2D eigenvalue weighted by Crippen LogP contribution is -2.55. The summed E-state index contributed by atoms with van der Waals surface area (Å²) in [4.78, 5) is 30.0. The Balaban J connectivity index is 1.43. The van der Waals surface area contributed by atoms with E-state index in [-0.39, 0.29) is 18.5 Å². The van der Waals surface area contributed by atoms with E-state index in [1.54, 1.807) is 6.33 Å². The number of carbonyl (C=O) groups is 1. The Hall–Kier alpha value is -2.22. The first-order valence-corrected chi connectivity index (χ1v) is 9.02. The quantitative estimate of drug-likeness (QED) is 0.757. The summed E-state index contributed by atoms with van der Waals surface area (Å²) in [5.74, 6) is 1.76. The van der Waals surface area contributed by atoms with E-state index in [1.165, 1.54) is 25.6 Å². The Labute approximate surface area is 146 Å². The number of amides is 1. The van der Waals surface area contributed by atoms with Crippen molar-refractivity contribution in [1.82, 2.24) is 25.3 Å². The molecule has 2 unspecified atom stereocenters. The van der Waals surface area contributed by atoms with Crippen LogP contribution in [0.15, 0.2) is 12.7 Å². The number of nitrogens with one attached hydrogen (secondary N) is 2. The molecule has 0 spiro atoms. The minimum atomic E-state index is 0.0335. The Bertz CT molecular complexity index is 746. The molecule has 2 aliphatic carbocycles. The number of nitrogens with zero attached hydrogens (tertiary/aromatic N) is 4. The van der Waals surface area contributed by atoms with Gasteiger partial charge in [-0.05, 0) is 37.5 Å². The highest BCUT2D eigenvalue weighted by atomic mass is 16.2. The molecule has 8 heteroatoms. The number of H-pyrrole nitrogens is 1. The van der Waals surface area contributed by atoms with E-state index >= 15 is 0 Å². The first kappa shape index (κ1) is 16.3. The highest BCUT2D eigenvalue weighted by Gasteiger charge is 2.39. The van der Waals surface area contributed by atoms with Gasteiger partial charge in [0, 0.05) is 19.1 Å². The van der Waals surface area contributed by atoms with Crippen LogP contribution in [-0.4, -0.2) is 51.5 Å². The van der Waals surface area contributed by atoms with Crippen molar-refractivity contribution < 1.29 is 4.79 Å². The maximum absolute atomic E-state index is 12.6. The van der Waals surface area contributed by atoms with Gasteiger partial charge in [0.1, 0.15) is 11.8 Å². The van der Waals surface area contributed by atoms with E-state index in [0.717, 1.165) is 18.4 Å². The van der Waals surface area contributed by atoms with Gasteiger partial charge in [0.15, 0.2) is 11.5 Å². The molecular formula is C17H25N7O. The van der Waals surface area contributed by atoms with Crippen molar-refractivity contribution in [2.45, 2.75) is 44.2 Å². The van der Waals surface area contributed by atoms with E-state index in [2.05, 4.69) is 25.3 Å². The molecule has 2 bridgehead atoms. The second-order valence-electron chi connectivity index (χ2n) is 7.43. The third-order valence-electron chi connectivity index (χ3n) is 5.65. The number of fused-ring (bicyclic) bond motifs is 3. The molecule has 4 rings (SSSR count). The molecule has 0 aromatic carbocycles. The molecule has 25 heavy (non-hydrogen) atoms. The third-order valence-corrected chi connectivity index (χ3v) is 5.65. The third kappa shape index (κ3) is 3.18. The van der Waals surface area contributed by atoms with Gasteiger partial charge in [-0.1, -0.05) is 6.42 Å². The average molecular weight is 343 g/mol. The molecule has 2 aliphatic rings. The topological polar surface area (TPSA) is 113 Å². The molecular weight excluding hydrogens is 318 g/mol. The van der Waals surface area contributed by atoms with Gasteiger partial charge in [0.2, 0.25) is 5.91 Å². The van der Waals surface area contributed by atoms with E-state index in [0.29, 0.717) is 29.3 Å².